The van der Waals surface area contributed by atoms with Gasteiger partial charge in [0.1, 0.15) is 30.3 Å². The minimum atomic E-state index is -2.05. The Morgan fingerprint density at radius 3 is 2.07 bits per heavy atom. The minimum Gasteiger partial charge on any atom is -0.458 e. The molecule has 2 aliphatic heterocycles. The topological polar surface area (TPSA) is 318 Å². The minimum absolute atomic E-state index is 0.0385. The smallest absolute Gasteiger partial charge is 0.413 e. The van der Waals surface area contributed by atoms with Gasteiger partial charge in [0.05, 0.1) is 108 Å². The van der Waals surface area contributed by atoms with Crippen LogP contribution in [-0.2, 0) is 77.5 Å². The third-order valence-electron chi connectivity index (χ3n) is 14.6. The summed E-state index contributed by atoms with van der Waals surface area (Å²) in [6, 6.07) is 5.24. The number of rotatable bonds is 33. The van der Waals surface area contributed by atoms with Crippen LogP contribution >= 0.6 is 0 Å². The average molecular weight is 1160 g/mol. The van der Waals surface area contributed by atoms with Crippen molar-refractivity contribution in [3.63, 3.8) is 0 Å². The molecule has 0 saturated carbocycles. The van der Waals surface area contributed by atoms with E-state index in [0.29, 0.717) is 110 Å². The van der Waals surface area contributed by atoms with Crippen LogP contribution in [0.15, 0.2) is 41.2 Å². The molecule has 0 spiro atoms. The Bertz CT molecular complexity index is 3010. The number of aryl methyl sites for hydroxylation is 1. The molecule has 4 aromatic rings. The maximum atomic E-state index is 15.5. The van der Waals surface area contributed by atoms with Gasteiger partial charge in [-0.1, -0.05) is 27.7 Å². The number of hydrogen-bond donors (Lipinski definition) is 7. The Kier molecular flexibility index (Phi) is 23.3. The molecule has 3 aliphatic rings. The van der Waals surface area contributed by atoms with E-state index in [0.717, 1.165) is 18.6 Å². The molecule has 1 aliphatic carbocycles. The van der Waals surface area contributed by atoms with Gasteiger partial charge in [-0.25, -0.2) is 23.8 Å². The first-order chi connectivity index (χ1) is 39.9. The molecule has 4 heterocycles. The quantitative estimate of drug-likeness (QED) is 0.0228. The summed E-state index contributed by atoms with van der Waals surface area (Å²) in [5.41, 5.74) is 6.69. The van der Waals surface area contributed by atoms with Crippen molar-refractivity contribution >= 4 is 52.4 Å². The Morgan fingerprint density at radius 1 is 0.843 bits per heavy atom. The van der Waals surface area contributed by atoms with Crippen LogP contribution in [0.5, 0.6) is 5.75 Å². The van der Waals surface area contributed by atoms with E-state index >= 15 is 4.39 Å². The van der Waals surface area contributed by atoms with Gasteiger partial charge in [0.2, 0.25) is 17.7 Å². The first kappa shape index (κ1) is 63.5. The number of primary amides is 1. The van der Waals surface area contributed by atoms with Crippen molar-refractivity contribution in [2.24, 2.45) is 11.7 Å². The van der Waals surface area contributed by atoms with Gasteiger partial charge >= 0.3 is 18.1 Å². The van der Waals surface area contributed by atoms with Gasteiger partial charge < -0.3 is 79.9 Å². The number of fused-ring (bicyclic) bond motifs is 5. The van der Waals surface area contributed by atoms with E-state index in [1.165, 1.54) is 34.9 Å². The number of nitrogens with two attached hydrogens (primary N) is 1. The lowest BCUT2D eigenvalue weighted by Gasteiger charge is -2.31. The van der Waals surface area contributed by atoms with Crippen LogP contribution in [0.3, 0.4) is 0 Å². The number of nitrogens with zero attached hydrogens (tertiary/aromatic N) is 2. The van der Waals surface area contributed by atoms with Crippen LogP contribution < -0.4 is 42.6 Å². The standard InChI is InChI=1S/C58H77FN8O16/c1-6-18-76-20-22-78-24-26-80-28-29-81-27-25-79-23-21-77-19-16-47(68)66-50(34(3)4)53(70)64-44(9-8-17-61-56(60)73)52(69)62-36-10-12-37(13-11-36)83-57(74)65-43-15-14-38-35(5)42(59)31-45-48(38)49(43)39-32-67-46(51(39)63-45)30-41-40(54(67)71)33-82-55(72)58(41,75)7-2/h10-13,30-31,34,43-44,50,75H,6-9,14-29,32-33H2,1-5H3,(H,62,69)(H,64,70)(H,65,74)(H,66,68)(H3,60,61,73)/t43-,44-,50-,58-/m0/s1. The fraction of sp³-hybridized carbons (Fsp3) is 0.552. The Hall–Kier alpha value is -7.13. The summed E-state index contributed by atoms with van der Waals surface area (Å²) in [4.78, 5) is 97.4. The summed E-state index contributed by atoms with van der Waals surface area (Å²) in [6.07, 6.45) is 1.14. The maximum absolute atomic E-state index is 15.5. The summed E-state index contributed by atoms with van der Waals surface area (Å²) in [5.74, 6) is -3.24. The molecule has 452 valence electrons. The molecule has 4 atom stereocenters. The highest BCUT2D eigenvalue weighted by molar-refractivity contribution is 5.99. The molecule has 83 heavy (non-hydrogen) atoms. The number of esters is 1. The van der Waals surface area contributed by atoms with Gasteiger partial charge in [-0.2, -0.15) is 0 Å². The third kappa shape index (κ3) is 16.4. The SMILES string of the molecule is CCCOCCOCCOCCOCCOCCOCCC(=O)N[C@H](C(=O)N[C@@H](CCCNC(N)=O)C(=O)Nc1ccc(OC(=O)N[C@H]2CCc3c(C)c(F)cc4nc5c(c2c34)Cn2c-5cc3c(c2=O)COC(=O)[C@]3(O)CC)cc1)C(C)C. The first-order valence-corrected chi connectivity index (χ1v) is 28.3. The van der Waals surface area contributed by atoms with Crippen LogP contribution in [0, 0.1) is 18.7 Å². The molecule has 2 aromatic heterocycles. The summed E-state index contributed by atoms with van der Waals surface area (Å²) in [7, 11) is 0. The Balaban J connectivity index is 0.899. The monoisotopic (exact) mass is 1160 g/mol. The van der Waals surface area contributed by atoms with Gasteiger partial charge in [0, 0.05) is 47.8 Å². The normalized spacial score (nSPS) is 16.5. The molecule has 0 unspecified atom stereocenters. The van der Waals surface area contributed by atoms with Gasteiger partial charge in [-0.3, -0.25) is 19.2 Å². The number of amides is 6. The van der Waals surface area contributed by atoms with E-state index in [4.69, 9.17) is 48.6 Å². The lowest BCUT2D eigenvalue weighted by atomic mass is 9.81. The molecule has 0 fully saturated rings. The summed E-state index contributed by atoms with van der Waals surface area (Å²) in [6.45, 7) is 13.6. The molecule has 25 heteroatoms. The zero-order chi connectivity index (χ0) is 59.6. The van der Waals surface area contributed by atoms with Crippen LogP contribution in [0.4, 0.5) is 19.7 Å². The van der Waals surface area contributed by atoms with Gasteiger partial charge in [-0.05, 0) is 98.4 Å². The van der Waals surface area contributed by atoms with Crippen LogP contribution in [-0.4, -0.2) is 148 Å². The van der Waals surface area contributed by atoms with Crippen molar-refractivity contribution in [1.82, 2.24) is 30.8 Å². The molecular formula is C58H77FN8O16. The maximum Gasteiger partial charge on any atom is 0.413 e. The summed E-state index contributed by atoms with van der Waals surface area (Å²) >= 11 is 0. The van der Waals surface area contributed by atoms with Gasteiger partial charge in [0.15, 0.2) is 5.60 Å². The predicted molar refractivity (Wildman–Crippen MR) is 300 cm³/mol. The van der Waals surface area contributed by atoms with Crippen molar-refractivity contribution in [3.8, 4) is 17.1 Å². The number of pyridine rings is 2. The van der Waals surface area contributed by atoms with Crippen molar-refractivity contribution in [2.45, 2.75) is 116 Å². The first-order valence-electron chi connectivity index (χ1n) is 28.3. The summed E-state index contributed by atoms with van der Waals surface area (Å²) in [5, 5.41) is 25.8. The number of hydrogen-bond acceptors (Lipinski definition) is 17. The summed E-state index contributed by atoms with van der Waals surface area (Å²) < 4.78 is 60.8. The van der Waals surface area contributed by atoms with Crippen LogP contribution in [0.2, 0.25) is 0 Å². The second-order valence-corrected chi connectivity index (χ2v) is 20.7. The number of ether oxygens (including phenoxy) is 8. The molecular weight excluding hydrogens is 1080 g/mol. The number of carbonyl (C=O) groups excluding carboxylic acids is 6. The van der Waals surface area contributed by atoms with E-state index in [1.807, 2.05) is 0 Å². The number of benzene rings is 2. The highest BCUT2D eigenvalue weighted by Crippen LogP contribution is 2.46. The predicted octanol–water partition coefficient (Wildman–Crippen LogP) is 4.22. The van der Waals surface area contributed by atoms with Crippen LogP contribution in [0.1, 0.15) is 106 Å². The average Bonchev–Trinajstić information content (AvgIpc) is 1.98. The number of halogens is 1. The number of nitrogens with one attached hydrogen (secondary N) is 5. The van der Waals surface area contributed by atoms with Gasteiger partial charge in [0.25, 0.3) is 5.56 Å². The van der Waals surface area contributed by atoms with Crippen molar-refractivity contribution in [3.05, 3.63) is 85.9 Å². The number of cyclic esters (lactones) is 1. The van der Waals surface area contributed by atoms with E-state index in [1.54, 1.807) is 33.8 Å². The number of aromatic nitrogens is 2. The van der Waals surface area contributed by atoms with E-state index < -0.39 is 70.9 Å². The molecule has 0 saturated heterocycles. The highest BCUT2D eigenvalue weighted by atomic mass is 19.1. The van der Waals surface area contributed by atoms with Gasteiger partial charge in [-0.15, -0.1) is 0 Å². The number of carbonyl (C=O) groups is 6. The van der Waals surface area contributed by atoms with Crippen LogP contribution in [0.25, 0.3) is 22.3 Å². The molecule has 0 radical (unpaired) electrons. The molecule has 8 N–H and O–H groups in total. The lowest BCUT2D eigenvalue weighted by molar-refractivity contribution is -0.172. The number of aliphatic hydroxyl groups is 1. The van der Waals surface area contributed by atoms with E-state index in [-0.39, 0.29) is 88.0 Å². The zero-order valence-corrected chi connectivity index (χ0v) is 47.8. The van der Waals surface area contributed by atoms with Crippen molar-refractivity contribution < 1.29 is 76.2 Å². The third-order valence-corrected chi connectivity index (χ3v) is 14.6. The largest absolute Gasteiger partial charge is 0.458 e. The second kappa shape index (κ2) is 30.4. The molecule has 2 aromatic carbocycles. The Morgan fingerprint density at radius 2 is 1.47 bits per heavy atom. The molecule has 7 rings (SSSR count). The Labute approximate surface area is 480 Å². The van der Waals surface area contributed by atoms with Crippen molar-refractivity contribution in [2.75, 3.05) is 91.1 Å². The molecule has 0 bridgehead atoms. The van der Waals surface area contributed by atoms with E-state index in [9.17, 15) is 38.7 Å². The zero-order valence-electron chi connectivity index (χ0n) is 47.8. The highest BCUT2D eigenvalue weighted by Gasteiger charge is 2.46. The number of anilines is 1. The fourth-order valence-electron chi connectivity index (χ4n) is 10.2. The lowest BCUT2D eigenvalue weighted by Crippen LogP contribution is -2.54. The second-order valence-electron chi connectivity index (χ2n) is 20.7. The van der Waals surface area contributed by atoms with E-state index in [2.05, 4.69) is 33.5 Å². The molecule has 6 amide bonds. The fourth-order valence-corrected chi connectivity index (χ4v) is 10.2. The van der Waals surface area contributed by atoms with Crippen molar-refractivity contribution in [1.29, 1.82) is 0 Å². The molecule has 24 nitrogen and oxygen atoms in total. The number of urea groups is 1.